The zero-order valence-corrected chi connectivity index (χ0v) is 12.4. The molecule has 1 aliphatic heterocycles. The van der Waals surface area contributed by atoms with E-state index < -0.39 is 6.10 Å². The summed E-state index contributed by atoms with van der Waals surface area (Å²) in [6.07, 6.45) is 2.62. The van der Waals surface area contributed by atoms with Gasteiger partial charge in [-0.2, -0.15) is 0 Å². The number of pyridine rings is 1. The van der Waals surface area contributed by atoms with Crippen LogP contribution in [0.15, 0.2) is 42.7 Å². The summed E-state index contributed by atoms with van der Waals surface area (Å²) in [4.78, 5) is 18.1. The minimum absolute atomic E-state index is 0.193. The molecule has 22 heavy (non-hydrogen) atoms. The number of carbonyl (C=O) groups is 1. The van der Waals surface area contributed by atoms with Crippen LogP contribution in [0.5, 0.6) is 0 Å². The molecule has 1 aliphatic rings. The number of carbonyl (C=O) groups excluding carboxylic acids is 1. The number of benzene rings is 1. The number of β-amino-alcohol motifs (C(OH)–C–C–N with tert-alkyl or cyclic N) is 1. The number of aliphatic hydroxyl groups is 1. The van der Waals surface area contributed by atoms with Crippen LogP contribution in [0, 0.1) is 5.82 Å². The number of hydrogen-bond donors (Lipinski definition) is 1. The van der Waals surface area contributed by atoms with Crippen LogP contribution in [0.25, 0.3) is 0 Å². The monoisotopic (exact) mass is 320 g/mol. The highest BCUT2D eigenvalue weighted by Crippen LogP contribution is 2.34. The first kappa shape index (κ1) is 14.9. The van der Waals surface area contributed by atoms with Crippen molar-refractivity contribution in [3.8, 4) is 0 Å². The number of nitrogens with zero attached hydrogens (tertiary/aromatic N) is 2. The zero-order valence-electron chi connectivity index (χ0n) is 11.6. The lowest BCUT2D eigenvalue weighted by Crippen LogP contribution is -2.32. The summed E-state index contributed by atoms with van der Waals surface area (Å²) in [5.41, 5.74) is 0.988. The smallest absolute Gasteiger partial charge is 0.256 e. The predicted octanol–water partition coefficient (Wildman–Crippen LogP) is 2.82. The van der Waals surface area contributed by atoms with Gasteiger partial charge in [0.05, 0.1) is 22.7 Å². The van der Waals surface area contributed by atoms with Gasteiger partial charge in [-0.25, -0.2) is 4.39 Å². The standard InChI is InChI=1S/C16H14ClFN2O2/c17-14-8-19-5-4-13(14)16(22)20-9-12(21)7-15(20)10-2-1-3-11(18)6-10/h1-6,8,12,15,21H,7,9H2/t12-,15-/m1/s1. The van der Waals surface area contributed by atoms with Gasteiger partial charge in [0, 0.05) is 18.9 Å². The maximum absolute atomic E-state index is 13.4. The Hall–Kier alpha value is -1.98. The van der Waals surface area contributed by atoms with Gasteiger partial charge in [-0.05, 0) is 30.2 Å². The molecule has 2 aromatic rings. The number of halogens is 2. The first-order valence-electron chi connectivity index (χ1n) is 6.90. The minimum atomic E-state index is -0.641. The molecule has 0 spiro atoms. The molecule has 1 N–H and O–H groups in total. The van der Waals surface area contributed by atoms with Gasteiger partial charge in [-0.15, -0.1) is 0 Å². The third-order valence-electron chi connectivity index (χ3n) is 3.78. The first-order chi connectivity index (χ1) is 10.6. The molecule has 0 aliphatic carbocycles. The van der Waals surface area contributed by atoms with Crippen LogP contribution in [-0.4, -0.2) is 33.5 Å². The molecule has 0 radical (unpaired) electrons. The summed E-state index contributed by atoms with van der Waals surface area (Å²) in [5, 5.41) is 10.2. The highest BCUT2D eigenvalue weighted by Gasteiger charge is 2.36. The van der Waals surface area contributed by atoms with Crippen molar-refractivity contribution in [2.75, 3.05) is 6.54 Å². The molecule has 0 unspecified atom stereocenters. The summed E-state index contributed by atoms with van der Waals surface area (Å²) in [5.74, 6) is -0.661. The Labute approximate surface area is 132 Å². The molecule has 1 aromatic carbocycles. The Morgan fingerprint density at radius 2 is 2.23 bits per heavy atom. The van der Waals surface area contributed by atoms with Crippen molar-refractivity contribution in [3.05, 3.63) is 64.7 Å². The zero-order chi connectivity index (χ0) is 15.7. The number of likely N-dealkylation sites (tertiary alicyclic amines) is 1. The molecule has 1 saturated heterocycles. The fourth-order valence-corrected chi connectivity index (χ4v) is 2.97. The SMILES string of the molecule is O=C(c1ccncc1Cl)N1C[C@H](O)C[C@@H]1c1cccc(F)c1. The van der Waals surface area contributed by atoms with E-state index in [1.54, 1.807) is 12.1 Å². The molecule has 2 atom stereocenters. The Morgan fingerprint density at radius 1 is 1.41 bits per heavy atom. The normalized spacial score (nSPS) is 21.1. The molecule has 0 saturated carbocycles. The van der Waals surface area contributed by atoms with Crippen molar-refractivity contribution in [2.24, 2.45) is 0 Å². The first-order valence-corrected chi connectivity index (χ1v) is 7.28. The highest BCUT2D eigenvalue weighted by atomic mass is 35.5. The number of hydrogen-bond acceptors (Lipinski definition) is 3. The topological polar surface area (TPSA) is 53.4 Å². The molecule has 114 valence electrons. The van der Waals surface area contributed by atoms with E-state index in [9.17, 15) is 14.3 Å². The summed E-state index contributed by atoms with van der Waals surface area (Å²) >= 11 is 6.02. The van der Waals surface area contributed by atoms with Crippen molar-refractivity contribution >= 4 is 17.5 Å². The number of rotatable bonds is 2. The quantitative estimate of drug-likeness (QED) is 0.925. The summed E-state index contributed by atoms with van der Waals surface area (Å²) in [7, 11) is 0. The Bertz CT molecular complexity index is 710. The van der Waals surface area contributed by atoms with Gasteiger partial charge >= 0.3 is 0 Å². The molecule has 4 nitrogen and oxygen atoms in total. The van der Waals surface area contributed by atoms with E-state index in [4.69, 9.17) is 11.6 Å². The van der Waals surface area contributed by atoms with Gasteiger partial charge in [-0.1, -0.05) is 23.7 Å². The summed E-state index contributed by atoms with van der Waals surface area (Å²) in [6, 6.07) is 7.25. The second-order valence-corrected chi connectivity index (χ2v) is 5.68. The van der Waals surface area contributed by atoms with Crippen LogP contribution in [0.1, 0.15) is 28.4 Å². The average Bonchev–Trinajstić information content (AvgIpc) is 2.89. The van der Waals surface area contributed by atoms with Crippen LogP contribution >= 0.6 is 11.6 Å². The van der Waals surface area contributed by atoms with Gasteiger partial charge < -0.3 is 10.0 Å². The number of aromatic nitrogens is 1. The van der Waals surface area contributed by atoms with E-state index in [2.05, 4.69) is 4.98 Å². The molecular weight excluding hydrogens is 307 g/mol. The van der Waals surface area contributed by atoms with Crippen LogP contribution in [0.2, 0.25) is 5.02 Å². The van der Waals surface area contributed by atoms with Crippen LogP contribution in [-0.2, 0) is 0 Å². The maximum Gasteiger partial charge on any atom is 0.256 e. The Kier molecular flexibility index (Phi) is 4.09. The van der Waals surface area contributed by atoms with Crippen molar-refractivity contribution in [1.29, 1.82) is 0 Å². The third kappa shape index (κ3) is 2.82. The van der Waals surface area contributed by atoms with Crippen LogP contribution in [0.3, 0.4) is 0 Å². The number of aliphatic hydroxyl groups excluding tert-OH is 1. The van der Waals surface area contributed by atoms with E-state index in [0.717, 1.165) is 0 Å². The third-order valence-corrected chi connectivity index (χ3v) is 4.08. The molecule has 1 amide bonds. The highest BCUT2D eigenvalue weighted by molar-refractivity contribution is 6.33. The fourth-order valence-electron chi connectivity index (χ4n) is 2.77. The summed E-state index contributed by atoms with van der Waals surface area (Å²) in [6.45, 7) is 0.193. The molecule has 6 heteroatoms. The second kappa shape index (κ2) is 6.02. The average molecular weight is 321 g/mol. The molecule has 1 fully saturated rings. The maximum atomic E-state index is 13.4. The molecule has 3 rings (SSSR count). The van der Waals surface area contributed by atoms with E-state index in [1.165, 1.54) is 35.5 Å². The van der Waals surface area contributed by atoms with Gasteiger partial charge in [0.25, 0.3) is 5.91 Å². The lowest BCUT2D eigenvalue weighted by molar-refractivity contribution is 0.0715. The van der Waals surface area contributed by atoms with Gasteiger partial charge in [0.2, 0.25) is 0 Å². The molecule has 0 bridgehead atoms. The van der Waals surface area contributed by atoms with E-state index >= 15 is 0 Å². The Balaban J connectivity index is 1.94. The van der Waals surface area contributed by atoms with Gasteiger partial charge in [0.1, 0.15) is 5.82 Å². The predicted molar refractivity (Wildman–Crippen MR) is 80.0 cm³/mol. The van der Waals surface area contributed by atoms with Gasteiger partial charge in [0.15, 0.2) is 0 Å². The molecule has 2 heterocycles. The Morgan fingerprint density at radius 3 is 2.95 bits per heavy atom. The van der Waals surface area contributed by atoms with Crippen LogP contribution in [0.4, 0.5) is 4.39 Å². The van der Waals surface area contributed by atoms with E-state index in [1.807, 2.05) is 0 Å². The van der Waals surface area contributed by atoms with Crippen molar-refractivity contribution in [1.82, 2.24) is 9.88 Å². The van der Waals surface area contributed by atoms with Crippen molar-refractivity contribution in [2.45, 2.75) is 18.6 Å². The second-order valence-electron chi connectivity index (χ2n) is 5.27. The minimum Gasteiger partial charge on any atom is -0.391 e. The van der Waals surface area contributed by atoms with Crippen molar-refractivity contribution in [3.63, 3.8) is 0 Å². The number of amides is 1. The molecule has 1 aromatic heterocycles. The largest absolute Gasteiger partial charge is 0.391 e. The van der Waals surface area contributed by atoms with Gasteiger partial charge in [-0.3, -0.25) is 9.78 Å². The van der Waals surface area contributed by atoms with Crippen LogP contribution < -0.4 is 0 Å². The lowest BCUT2D eigenvalue weighted by Gasteiger charge is -2.25. The molecular formula is C16H14ClFN2O2. The van der Waals surface area contributed by atoms with E-state index in [0.29, 0.717) is 17.5 Å². The van der Waals surface area contributed by atoms with Crippen molar-refractivity contribution < 1.29 is 14.3 Å². The fraction of sp³-hybridized carbons (Fsp3) is 0.250. The lowest BCUT2D eigenvalue weighted by atomic mass is 10.0. The summed E-state index contributed by atoms with van der Waals surface area (Å²) < 4.78 is 13.4. The van der Waals surface area contributed by atoms with E-state index in [-0.39, 0.29) is 29.3 Å².